The number of benzene rings is 2. The van der Waals surface area contributed by atoms with Crippen LogP contribution in [-0.2, 0) is 0 Å². The first-order valence-electron chi connectivity index (χ1n) is 9.94. The Morgan fingerprint density at radius 2 is 0.741 bits per heavy atom. The summed E-state index contributed by atoms with van der Waals surface area (Å²) in [6, 6.07) is 8.42. The SMILES string of the molecule is CC(C)c1cc(Sc2cc(C(C)C)c(O)c(C(C)C)c2)cc(C(C)C)c1O. The highest BCUT2D eigenvalue weighted by atomic mass is 32.2. The van der Waals surface area contributed by atoms with Crippen LogP contribution in [0.5, 0.6) is 11.5 Å². The molecule has 0 unspecified atom stereocenters. The third kappa shape index (κ3) is 4.82. The fraction of sp³-hybridized carbons (Fsp3) is 0.500. The maximum absolute atomic E-state index is 10.6. The molecule has 0 amide bonds. The summed E-state index contributed by atoms with van der Waals surface area (Å²) in [6.07, 6.45) is 0. The van der Waals surface area contributed by atoms with Gasteiger partial charge in [-0.25, -0.2) is 0 Å². The Hall–Kier alpha value is -1.61. The van der Waals surface area contributed by atoms with Gasteiger partial charge in [0.15, 0.2) is 0 Å². The van der Waals surface area contributed by atoms with Gasteiger partial charge >= 0.3 is 0 Å². The molecule has 0 heterocycles. The van der Waals surface area contributed by atoms with Gasteiger partial charge < -0.3 is 10.2 Å². The van der Waals surface area contributed by atoms with Crippen LogP contribution in [0.15, 0.2) is 34.1 Å². The van der Waals surface area contributed by atoms with Gasteiger partial charge in [-0.3, -0.25) is 0 Å². The quantitative estimate of drug-likeness (QED) is 0.533. The average Bonchev–Trinajstić information content (AvgIpc) is 2.56. The standard InChI is InChI=1S/C24H34O2S/c1-13(2)19-9-17(10-20(14(3)4)23(19)25)27-18-11-21(15(5)6)24(26)22(12-18)16(7)8/h9-16,25-26H,1-8H3. The first kappa shape index (κ1) is 21.7. The summed E-state index contributed by atoms with van der Waals surface area (Å²) in [5.41, 5.74) is 3.98. The molecule has 0 aliphatic rings. The Morgan fingerprint density at radius 1 is 0.519 bits per heavy atom. The molecule has 2 aromatic rings. The first-order chi connectivity index (χ1) is 12.5. The number of phenols is 2. The first-order valence-corrected chi connectivity index (χ1v) is 10.8. The molecule has 0 aliphatic carbocycles. The van der Waals surface area contributed by atoms with E-state index >= 15 is 0 Å². The number of hydrogen-bond donors (Lipinski definition) is 2. The molecule has 2 nitrogen and oxygen atoms in total. The lowest BCUT2D eigenvalue weighted by atomic mass is 9.94. The Labute approximate surface area is 169 Å². The molecule has 148 valence electrons. The third-order valence-corrected chi connectivity index (χ3v) is 5.95. The van der Waals surface area contributed by atoms with Crippen molar-refractivity contribution in [3.63, 3.8) is 0 Å². The molecule has 0 fully saturated rings. The van der Waals surface area contributed by atoms with E-state index in [0.29, 0.717) is 11.5 Å². The van der Waals surface area contributed by atoms with Crippen molar-refractivity contribution in [2.24, 2.45) is 0 Å². The summed E-state index contributed by atoms with van der Waals surface area (Å²) in [7, 11) is 0. The Bertz CT molecular complexity index is 679. The second-order valence-corrected chi connectivity index (χ2v) is 9.77. The van der Waals surface area contributed by atoms with Crippen LogP contribution in [0.3, 0.4) is 0 Å². The van der Waals surface area contributed by atoms with Crippen molar-refractivity contribution in [3.8, 4) is 11.5 Å². The predicted octanol–water partition coefficient (Wildman–Crippen LogP) is 7.74. The van der Waals surface area contributed by atoms with E-state index in [4.69, 9.17) is 0 Å². The molecular formula is C24H34O2S. The average molecular weight is 387 g/mol. The smallest absolute Gasteiger partial charge is 0.122 e. The van der Waals surface area contributed by atoms with E-state index in [1.807, 2.05) is 0 Å². The molecular weight excluding hydrogens is 352 g/mol. The van der Waals surface area contributed by atoms with Crippen molar-refractivity contribution in [1.82, 2.24) is 0 Å². The van der Waals surface area contributed by atoms with Crippen LogP contribution in [0.25, 0.3) is 0 Å². The largest absolute Gasteiger partial charge is 0.507 e. The van der Waals surface area contributed by atoms with Crippen molar-refractivity contribution in [3.05, 3.63) is 46.5 Å². The van der Waals surface area contributed by atoms with E-state index < -0.39 is 0 Å². The van der Waals surface area contributed by atoms with E-state index in [0.717, 1.165) is 32.0 Å². The van der Waals surface area contributed by atoms with Gasteiger partial charge in [-0.1, -0.05) is 67.2 Å². The van der Waals surface area contributed by atoms with Crippen molar-refractivity contribution < 1.29 is 10.2 Å². The van der Waals surface area contributed by atoms with Gasteiger partial charge in [0.05, 0.1) is 0 Å². The summed E-state index contributed by atoms with van der Waals surface area (Å²) < 4.78 is 0. The van der Waals surface area contributed by atoms with E-state index in [2.05, 4.69) is 79.7 Å². The number of phenolic OH excluding ortho intramolecular Hbond substituents is 2. The van der Waals surface area contributed by atoms with Crippen molar-refractivity contribution in [1.29, 1.82) is 0 Å². The summed E-state index contributed by atoms with van der Waals surface area (Å²) in [5.74, 6) is 1.92. The molecule has 0 atom stereocenters. The molecule has 3 heteroatoms. The van der Waals surface area contributed by atoms with Gasteiger partial charge in [-0.15, -0.1) is 0 Å². The zero-order valence-corrected chi connectivity index (χ0v) is 18.7. The van der Waals surface area contributed by atoms with Crippen LogP contribution >= 0.6 is 11.8 Å². The fourth-order valence-corrected chi connectivity index (χ4v) is 4.33. The lowest BCUT2D eigenvalue weighted by molar-refractivity contribution is 0.453. The molecule has 0 bridgehead atoms. The molecule has 27 heavy (non-hydrogen) atoms. The van der Waals surface area contributed by atoms with Gasteiger partial charge in [0.2, 0.25) is 0 Å². The highest BCUT2D eigenvalue weighted by Crippen LogP contribution is 2.42. The van der Waals surface area contributed by atoms with Crippen LogP contribution < -0.4 is 0 Å². The van der Waals surface area contributed by atoms with Gasteiger partial charge in [0.1, 0.15) is 11.5 Å². The molecule has 0 saturated carbocycles. The zero-order valence-electron chi connectivity index (χ0n) is 17.9. The van der Waals surface area contributed by atoms with Crippen LogP contribution in [-0.4, -0.2) is 10.2 Å². The molecule has 0 aliphatic heterocycles. The minimum Gasteiger partial charge on any atom is -0.507 e. The third-order valence-electron chi connectivity index (χ3n) is 5.01. The van der Waals surface area contributed by atoms with Crippen LogP contribution in [0.1, 0.15) is 101 Å². The maximum atomic E-state index is 10.6. The molecule has 0 radical (unpaired) electrons. The Morgan fingerprint density at radius 3 is 0.926 bits per heavy atom. The molecule has 2 rings (SSSR count). The van der Waals surface area contributed by atoms with Crippen LogP contribution in [0, 0.1) is 0 Å². The minimum atomic E-state index is 0.264. The molecule has 2 N–H and O–H groups in total. The van der Waals surface area contributed by atoms with Crippen molar-refractivity contribution >= 4 is 11.8 Å². The van der Waals surface area contributed by atoms with E-state index in [-0.39, 0.29) is 23.7 Å². The molecule has 2 aromatic carbocycles. The zero-order chi connectivity index (χ0) is 20.5. The molecule has 0 aromatic heterocycles. The highest BCUT2D eigenvalue weighted by molar-refractivity contribution is 7.99. The lowest BCUT2D eigenvalue weighted by Gasteiger charge is -2.19. The number of hydrogen-bond acceptors (Lipinski definition) is 3. The maximum Gasteiger partial charge on any atom is 0.122 e. The topological polar surface area (TPSA) is 40.5 Å². The van der Waals surface area contributed by atoms with Crippen LogP contribution in [0.4, 0.5) is 0 Å². The second kappa shape index (κ2) is 8.60. The molecule has 0 saturated heterocycles. The highest BCUT2D eigenvalue weighted by Gasteiger charge is 2.18. The van der Waals surface area contributed by atoms with Crippen molar-refractivity contribution in [2.75, 3.05) is 0 Å². The van der Waals surface area contributed by atoms with E-state index in [9.17, 15) is 10.2 Å². The summed E-state index contributed by atoms with van der Waals surface area (Å²) in [5, 5.41) is 21.3. The fourth-order valence-electron chi connectivity index (χ4n) is 3.32. The van der Waals surface area contributed by atoms with E-state index in [1.54, 1.807) is 11.8 Å². The van der Waals surface area contributed by atoms with Crippen molar-refractivity contribution in [2.45, 2.75) is 88.9 Å². The summed E-state index contributed by atoms with van der Waals surface area (Å²) in [4.78, 5) is 2.27. The van der Waals surface area contributed by atoms with E-state index in [1.165, 1.54) is 0 Å². The molecule has 0 spiro atoms. The van der Waals surface area contributed by atoms with Gasteiger partial charge in [-0.2, -0.15) is 0 Å². The monoisotopic (exact) mass is 386 g/mol. The summed E-state index contributed by atoms with van der Waals surface area (Å²) >= 11 is 1.71. The van der Waals surface area contributed by atoms with Crippen LogP contribution in [0.2, 0.25) is 0 Å². The predicted molar refractivity (Wildman–Crippen MR) is 117 cm³/mol. The van der Waals surface area contributed by atoms with Gasteiger partial charge in [0, 0.05) is 9.79 Å². The van der Waals surface area contributed by atoms with Gasteiger partial charge in [-0.05, 0) is 70.2 Å². The lowest BCUT2D eigenvalue weighted by Crippen LogP contribution is -1.98. The minimum absolute atomic E-state index is 0.264. The second-order valence-electron chi connectivity index (χ2n) is 8.62. The Kier molecular flexibility index (Phi) is 6.91. The Balaban J connectivity index is 2.56. The number of rotatable bonds is 6. The normalized spacial score (nSPS) is 12.0. The number of aromatic hydroxyl groups is 2. The summed E-state index contributed by atoms with van der Waals surface area (Å²) in [6.45, 7) is 16.9. The van der Waals surface area contributed by atoms with Gasteiger partial charge in [0.25, 0.3) is 0 Å².